The molecule has 0 aliphatic carbocycles. The maximum atomic E-state index is 12.4. The molecule has 0 amide bonds. The van der Waals surface area contributed by atoms with Gasteiger partial charge in [0, 0.05) is 27.4 Å². The number of thiazole rings is 1. The minimum atomic E-state index is -0.608. The Morgan fingerprint density at radius 2 is 2.00 bits per heavy atom. The summed E-state index contributed by atoms with van der Waals surface area (Å²) in [5.74, 6) is 0. The largest absolute Gasteiger partial charge is 0.422 e. The summed E-state index contributed by atoms with van der Waals surface area (Å²) >= 11 is 4.59. The fourth-order valence-corrected chi connectivity index (χ4v) is 3.84. The van der Waals surface area contributed by atoms with E-state index in [1.54, 1.807) is 11.5 Å². The average molecular weight is 480 g/mol. The van der Waals surface area contributed by atoms with Crippen LogP contribution in [0.3, 0.4) is 0 Å². The van der Waals surface area contributed by atoms with Crippen molar-refractivity contribution < 1.29 is 9.34 Å². The smallest absolute Gasteiger partial charge is 0.345 e. The molecular weight excluding hydrogens is 470 g/mol. The van der Waals surface area contributed by atoms with Crippen LogP contribution in [0.1, 0.15) is 10.6 Å². The molecule has 0 bridgehead atoms. The Morgan fingerprint density at radius 1 is 1.23 bits per heavy atom. The molecule has 0 saturated heterocycles. The molecule has 2 aromatic carbocycles. The molecule has 146 valence electrons. The molecule has 0 saturated carbocycles. The van der Waals surface area contributed by atoms with Crippen molar-refractivity contribution in [3.63, 3.8) is 0 Å². The third-order valence-electron chi connectivity index (χ3n) is 4.24. The second kappa shape index (κ2) is 8.02. The van der Waals surface area contributed by atoms with Gasteiger partial charge < -0.3 is 4.42 Å². The first kappa shape index (κ1) is 19.7. The molecular formula is C21H10BrN3O4S. The predicted molar refractivity (Wildman–Crippen MR) is 118 cm³/mol. The van der Waals surface area contributed by atoms with Gasteiger partial charge in [-0.2, -0.15) is 5.26 Å². The van der Waals surface area contributed by atoms with E-state index in [4.69, 9.17) is 4.42 Å². The topological polar surface area (TPSA) is 110 Å². The molecule has 0 aliphatic rings. The van der Waals surface area contributed by atoms with Gasteiger partial charge in [-0.05, 0) is 35.9 Å². The molecule has 7 nitrogen and oxygen atoms in total. The first-order valence-electron chi connectivity index (χ1n) is 8.50. The highest BCUT2D eigenvalue weighted by molar-refractivity contribution is 9.10. The molecule has 4 aromatic rings. The second-order valence-electron chi connectivity index (χ2n) is 6.19. The number of nitriles is 1. The molecule has 0 fully saturated rings. The Kier molecular flexibility index (Phi) is 5.27. The van der Waals surface area contributed by atoms with E-state index >= 15 is 0 Å². The summed E-state index contributed by atoms with van der Waals surface area (Å²) in [6.07, 6.45) is 1.71. The summed E-state index contributed by atoms with van der Waals surface area (Å²) in [4.78, 5) is 27.3. The van der Waals surface area contributed by atoms with Crippen molar-refractivity contribution in [2.24, 2.45) is 0 Å². The summed E-state index contributed by atoms with van der Waals surface area (Å²) in [7, 11) is 0. The summed E-state index contributed by atoms with van der Waals surface area (Å²) in [5.41, 5.74) is 1.24. The first-order valence-corrected chi connectivity index (χ1v) is 10.2. The molecule has 0 radical (unpaired) electrons. The maximum absolute atomic E-state index is 12.4. The van der Waals surface area contributed by atoms with Gasteiger partial charge in [-0.15, -0.1) is 11.3 Å². The van der Waals surface area contributed by atoms with E-state index in [9.17, 15) is 20.2 Å². The fraction of sp³-hybridized carbons (Fsp3) is 0. The lowest BCUT2D eigenvalue weighted by molar-refractivity contribution is -0.384. The van der Waals surface area contributed by atoms with Crippen molar-refractivity contribution >= 4 is 55.6 Å². The Bertz CT molecular complexity index is 1410. The van der Waals surface area contributed by atoms with E-state index in [0.717, 1.165) is 10.0 Å². The number of nitro groups is 1. The highest BCUT2D eigenvalue weighted by Crippen LogP contribution is 2.28. The zero-order valence-corrected chi connectivity index (χ0v) is 17.4. The summed E-state index contributed by atoms with van der Waals surface area (Å²) < 4.78 is 6.22. The van der Waals surface area contributed by atoms with Crippen LogP contribution >= 0.6 is 27.3 Å². The molecule has 30 heavy (non-hydrogen) atoms. The van der Waals surface area contributed by atoms with Crippen molar-refractivity contribution in [3.8, 4) is 17.3 Å². The summed E-state index contributed by atoms with van der Waals surface area (Å²) in [5, 5.41) is 23.1. The summed E-state index contributed by atoms with van der Waals surface area (Å²) in [6.45, 7) is 0. The number of fused-ring (bicyclic) bond motifs is 1. The lowest BCUT2D eigenvalue weighted by atomic mass is 10.1. The van der Waals surface area contributed by atoms with Crippen LogP contribution < -0.4 is 5.63 Å². The number of nitrogens with zero attached hydrogens (tertiary/aromatic N) is 3. The van der Waals surface area contributed by atoms with Crippen molar-refractivity contribution in [1.82, 2.24) is 4.98 Å². The number of benzene rings is 2. The van der Waals surface area contributed by atoms with Crippen LogP contribution in [0, 0.1) is 21.4 Å². The minimum Gasteiger partial charge on any atom is -0.422 e. The van der Waals surface area contributed by atoms with Crippen LogP contribution in [0.4, 0.5) is 5.69 Å². The normalized spacial score (nSPS) is 11.4. The second-order valence-corrected chi connectivity index (χ2v) is 7.96. The van der Waals surface area contributed by atoms with Crippen LogP contribution in [0.25, 0.3) is 33.9 Å². The monoisotopic (exact) mass is 479 g/mol. The molecule has 0 spiro atoms. The van der Waals surface area contributed by atoms with E-state index in [1.807, 2.05) is 24.3 Å². The van der Waals surface area contributed by atoms with Crippen molar-refractivity contribution in [2.45, 2.75) is 0 Å². The third-order valence-corrected chi connectivity index (χ3v) is 5.64. The van der Waals surface area contributed by atoms with Gasteiger partial charge in [0.05, 0.1) is 21.8 Å². The average Bonchev–Trinajstić information content (AvgIpc) is 3.22. The number of nitro benzene ring substituents is 1. The highest BCUT2D eigenvalue weighted by atomic mass is 79.9. The Morgan fingerprint density at radius 3 is 2.70 bits per heavy atom. The van der Waals surface area contributed by atoms with Crippen LogP contribution in [0.15, 0.2) is 67.6 Å². The number of non-ortho nitro benzene ring substituents is 1. The number of aromatic nitrogens is 1. The molecule has 0 aliphatic heterocycles. The zero-order valence-electron chi connectivity index (χ0n) is 15.0. The van der Waals surface area contributed by atoms with Gasteiger partial charge in [-0.1, -0.05) is 28.1 Å². The van der Waals surface area contributed by atoms with E-state index in [2.05, 4.69) is 27.0 Å². The maximum Gasteiger partial charge on any atom is 0.345 e. The van der Waals surface area contributed by atoms with Gasteiger partial charge in [-0.3, -0.25) is 10.1 Å². The van der Waals surface area contributed by atoms with Crippen molar-refractivity contribution in [3.05, 3.63) is 89.5 Å². The molecule has 0 unspecified atom stereocenters. The lowest BCUT2D eigenvalue weighted by Crippen LogP contribution is -2.03. The lowest BCUT2D eigenvalue weighted by Gasteiger charge is -2.00. The Labute approximate surface area is 181 Å². The Hall–Kier alpha value is -3.61. The van der Waals surface area contributed by atoms with E-state index in [1.165, 1.54) is 35.6 Å². The molecule has 4 rings (SSSR count). The van der Waals surface area contributed by atoms with Gasteiger partial charge >= 0.3 is 5.63 Å². The molecule has 0 atom stereocenters. The molecule has 0 N–H and O–H groups in total. The molecule has 2 heterocycles. The van der Waals surface area contributed by atoms with Crippen LogP contribution in [-0.4, -0.2) is 9.91 Å². The highest BCUT2D eigenvalue weighted by Gasteiger charge is 2.15. The van der Waals surface area contributed by atoms with Gasteiger partial charge in [0.2, 0.25) is 0 Å². The first-order chi connectivity index (χ1) is 14.4. The van der Waals surface area contributed by atoms with Crippen LogP contribution in [0.5, 0.6) is 0 Å². The third kappa shape index (κ3) is 3.91. The SMILES string of the molecule is N#CC(=Cc1ccc(Br)cc1)c1nc(-c2cc3cc([N+](=O)[O-])ccc3oc2=O)cs1. The Balaban J connectivity index is 1.75. The van der Waals surface area contributed by atoms with Crippen molar-refractivity contribution in [1.29, 1.82) is 5.26 Å². The summed E-state index contributed by atoms with van der Waals surface area (Å²) in [6, 6.07) is 15.1. The molecule has 2 aromatic heterocycles. The van der Waals surface area contributed by atoms with Crippen LogP contribution in [-0.2, 0) is 0 Å². The van der Waals surface area contributed by atoms with E-state index in [-0.39, 0.29) is 16.8 Å². The quantitative estimate of drug-likeness (QED) is 0.162. The van der Waals surface area contributed by atoms with E-state index < -0.39 is 10.5 Å². The number of halogens is 1. The number of hydrogen-bond donors (Lipinski definition) is 0. The minimum absolute atomic E-state index is 0.106. The predicted octanol–water partition coefficient (Wildman–Crippen LogP) is 5.65. The van der Waals surface area contributed by atoms with Crippen LogP contribution in [0.2, 0.25) is 0 Å². The number of hydrogen-bond acceptors (Lipinski definition) is 7. The van der Waals surface area contributed by atoms with E-state index in [0.29, 0.717) is 21.7 Å². The number of rotatable bonds is 4. The van der Waals surface area contributed by atoms with Gasteiger partial charge in [0.25, 0.3) is 5.69 Å². The zero-order chi connectivity index (χ0) is 21.3. The number of allylic oxidation sites excluding steroid dienone is 1. The van der Waals surface area contributed by atoms with Gasteiger partial charge in [-0.25, -0.2) is 9.78 Å². The standard InChI is InChI=1S/C21H10BrN3O4S/c22-15-3-1-12(2-4-15)7-14(10-23)20-24-18(11-30-20)17-9-13-8-16(25(27)28)5-6-19(13)29-21(17)26/h1-9,11H. The van der Waals surface area contributed by atoms with Gasteiger partial charge in [0.1, 0.15) is 16.7 Å². The molecule has 9 heteroatoms. The fourth-order valence-electron chi connectivity index (χ4n) is 2.79. The van der Waals surface area contributed by atoms with Gasteiger partial charge in [0.15, 0.2) is 0 Å². The van der Waals surface area contributed by atoms with Crippen molar-refractivity contribution in [2.75, 3.05) is 0 Å².